The molecule has 1 aromatic heterocycles. The second-order valence-corrected chi connectivity index (χ2v) is 7.70. The zero-order chi connectivity index (χ0) is 19.1. The number of hydrogen-bond donors (Lipinski definition) is 2. The molecule has 140 valence electrons. The van der Waals surface area contributed by atoms with E-state index in [0.717, 1.165) is 45.6 Å². The first kappa shape index (κ1) is 19.4. The lowest BCUT2D eigenvalue weighted by Gasteiger charge is -2.09. The third-order valence-electron chi connectivity index (χ3n) is 4.00. The van der Waals surface area contributed by atoms with Crippen LogP contribution in [0.25, 0.3) is 11.3 Å². The molecular formula is C20H20BrN3O2S. The molecule has 5 nitrogen and oxygen atoms in total. The number of carboxylic acid groups (broad SMARTS) is 1. The minimum atomic E-state index is -0.978. The number of carbonyl (C=O) groups is 1. The number of rotatable bonds is 7. The van der Waals surface area contributed by atoms with Gasteiger partial charge in [-0.15, -0.1) is 11.3 Å². The van der Waals surface area contributed by atoms with Gasteiger partial charge >= 0.3 is 6.09 Å². The lowest BCUT2D eigenvalue weighted by atomic mass is 10.1. The van der Waals surface area contributed by atoms with Crippen molar-refractivity contribution in [1.29, 1.82) is 0 Å². The Balaban J connectivity index is 1.88. The van der Waals surface area contributed by atoms with Crippen LogP contribution in [0.5, 0.6) is 0 Å². The van der Waals surface area contributed by atoms with Crippen molar-refractivity contribution in [3.05, 3.63) is 69.3 Å². The van der Waals surface area contributed by atoms with Gasteiger partial charge in [-0.2, -0.15) is 0 Å². The van der Waals surface area contributed by atoms with Crippen LogP contribution in [-0.4, -0.2) is 22.3 Å². The summed E-state index contributed by atoms with van der Waals surface area (Å²) in [5.74, 6) is 0. The number of benzene rings is 2. The van der Waals surface area contributed by atoms with Crippen molar-refractivity contribution < 1.29 is 9.90 Å². The van der Waals surface area contributed by atoms with Gasteiger partial charge in [-0.3, -0.25) is 0 Å². The molecule has 0 fully saturated rings. The fourth-order valence-electron chi connectivity index (χ4n) is 2.69. The molecule has 1 amide bonds. The van der Waals surface area contributed by atoms with Crippen molar-refractivity contribution in [2.75, 3.05) is 6.54 Å². The fourth-order valence-corrected chi connectivity index (χ4v) is 3.91. The highest BCUT2D eigenvalue weighted by atomic mass is 79.9. The molecule has 0 unspecified atom stereocenters. The summed E-state index contributed by atoms with van der Waals surface area (Å²) in [5.41, 5.74) is 3.17. The number of nitrogens with one attached hydrogen (secondary N) is 1. The first-order chi connectivity index (χ1) is 13.1. The molecule has 3 rings (SSSR count). The molecule has 0 saturated heterocycles. The van der Waals surface area contributed by atoms with Crippen molar-refractivity contribution in [2.45, 2.75) is 19.4 Å². The summed E-state index contributed by atoms with van der Waals surface area (Å²) in [6.45, 7) is 1.24. The van der Waals surface area contributed by atoms with Crippen LogP contribution in [0.4, 0.5) is 10.5 Å². The van der Waals surface area contributed by atoms with E-state index in [-0.39, 0.29) is 0 Å². The van der Waals surface area contributed by atoms with Gasteiger partial charge in [0.1, 0.15) is 0 Å². The fraction of sp³-hybridized carbons (Fsp3) is 0.200. The van der Waals surface area contributed by atoms with Crippen LogP contribution >= 0.6 is 27.3 Å². The van der Waals surface area contributed by atoms with Crippen molar-refractivity contribution in [3.8, 4) is 11.3 Å². The third kappa shape index (κ3) is 5.55. The third-order valence-corrected chi connectivity index (χ3v) is 5.40. The number of hydrogen-bond acceptors (Lipinski definition) is 3. The Labute approximate surface area is 170 Å². The van der Waals surface area contributed by atoms with Gasteiger partial charge in [0.15, 0.2) is 4.80 Å². The number of thiazole rings is 1. The summed E-state index contributed by atoms with van der Waals surface area (Å²) in [6.07, 6.45) is 0.663. The summed E-state index contributed by atoms with van der Waals surface area (Å²) in [7, 11) is 0. The van der Waals surface area contributed by atoms with Crippen molar-refractivity contribution in [2.24, 2.45) is 4.99 Å². The van der Waals surface area contributed by atoms with Gasteiger partial charge < -0.3 is 15.0 Å². The SMILES string of the molecule is O=C(O)NCCCCn1c(-c2ccc(Br)cc2)csc1=Nc1ccccc1. The largest absolute Gasteiger partial charge is 0.465 e. The summed E-state index contributed by atoms with van der Waals surface area (Å²) in [6, 6.07) is 18.1. The Morgan fingerprint density at radius 1 is 1.11 bits per heavy atom. The Kier molecular flexibility index (Phi) is 6.84. The standard InChI is InChI=1S/C20H20BrN3O2S/c21-16-10-8-15(9-11-16)18-14-27-19(23-17-6-2-1-3-7-17)24(18)13-5-4-12-22-20(25)26/h1-3,6-11,14,22H,4-5,12-13H2,(H,25,26). The van der Waals surface area contributed by atoms with Crippen LogP contribution in [0.3, 0.4) is 0 Å². The normalized spacial score (nSPS) is 11.5. The molecule has 0 saturated carbocycles. The molecule has 0 radical (unpaired) electrons. The molecule has 7 heteroatoms. The number of unbranched alkanes of at least 4 members (excludes halogenated alkanes) is 1. The zero-order valence-electron chi connectivity index (χ0n) is 14.6. The molecule has 0 spiro atoms. The van der Waals surface area contributed by atoms with E-state index in [2.05, 4.69) is 43.3 Å². The van der Waals surface area contributed by atoms with E-state index in [1.807, 2.05) is 42.5 Å². The van der Waals surface area contributed by atoms with Crippen molar-refractivity contribution >= 4 is 39.0 Å². The molecular weight excluding hydrogens is 426 g/mol. The smallest absolute Gasteiger partial charge is 0.404 e. The molecule has 2 N–H and O–H groups in total. The number of amides is 1. The van der Waals surface area contributed by atoms with Crippen LogP contribution in [0, 0.1) is 0 Å². The Hall–Kier alpha value is -2.38. The summed E-state index contributed by atoms with van der Waals surface area (Å²) in [4.78, 5) is 16.3. The highest BCUT2D eigenvalue weighted by Crippen LogP contribution is 2.23. The van der Waals surface area contributed by atoms with Crippen LogP contribution in [-0.2, 0) is 6.54 Å². The van der Waals surface area contributed by atoms with Crippen molar-refractivity contribution in [1.82, 2.24) is 9.88 Å². The highest BCUT2D eigenvalue weighted by Gasteiger charge is 2.08. The lowest BCUT2D eigenvalue weighted by Crippen LogP contribution is -2.22. The van der Waals surface area contributed by atoms with Gasteiger partial charge in [0, 0.05) is 22.9 Å². The number of para-hydroxylation sites is 1. The quantitative estimate of drug-likeness (QED) is 0.487. The van der Waals surface area contributed by atoms with Gasteiger partial charge in [0.2, 0.25) is 0 Å². The van der Waals surface area contributed by atoms with Gasteiger partial charge in [-0.1, -0.05) is 46.3 Å². The number of halogens is 1. The molecule has 27 heavy (non-hydrogen) atoms. The zero-order valence-corrected chi connectivity index (χ0v) is 17.0. The molecule has 0 aliphatic carbocycles. The van der Waals surface area contributed by atoms with E-state index in [4.69, 9.17) is 10.1 Å². The van der Waals surface area contributed by atoms with E-state index >= 15 is 0 Å². The van der Waals surface area contributed by atoms with Gasteiger partial charge in [-0.05, 0) is 42.7 Å². The summed E-state index contributed by atoms with van der Waals surface area (Å²) < 4.78 is 3.25. The molecule has 1 heterocycles. The number of nitrogens with zero attached hydrogens (tertiary/aromatic N) is 2. The van der Waals surface area contributed by atoms with Gasteiger partial charge in [0.05, 0.1) is 11.4 Å². The molecule has 3 aromatic rings. The van der Waals surface area contributed by atoms with Gasteiger partial charge in [-0.25, -0.2) is 9.79 Å². The van der Waals surface area contributed by atoms with Gasteiger partial charge in [0.25, 0.3) is 0 Å². The average Bonchev–Trinajstić information content (AvgIpc) is 3.05. The first-order valence-electron chi connectivity index (χ1n) is 8.64. The Morgan fingerprint density at radius 2 is 1.85 bits per heavy atom. The van der Waals surface area contributed by atoms with E-state index in [9.17, 15) is 4.79 Å². The maximum Gasteiger partial charge on any atom is 0.404 e. The topological polar surface area (TPSA) is 66.6 Å². The average molecular weight is 446 g/mol. The molecule has 0 bridgehead atoms. The Morgan fingerprint density at radius 3 is 2.56 bits per heavy atom. The molecule has 2 aromatic carbocycles. The van der Waals surface area contributed by atoms with E-state index < -0.39 is 6.09 Å². The van der Waals surface area contributed by atoms with Crippen molar-refractivity contribution in [3.63, 3.8) is 0 Å². The summed E-state index contributed by atoms with van der Waals surface area (Å²) >= 11 is 5.09. The second-order valence-electron chi connectivity index (χ2n) is 5.95. The second kappa shape index (κ2) is 9.53. The summed E-state index contributed by atoms with van der Waals surface area (Å²) in [5, 5.41) is 13.2. The minimum Gasteiger partial charge on any atom is -0.465 e. The van der Waals surface area contributed by atoms with Crippen LogP contribution in [0.15, 0.2) is 69.4 Å². The predicted molar refractivity (Wildman–Crippen MR) is 112 cm³/mol. The molecule has 0 atom stereocenters. The molecule has 0 aliphatic heterocycles. The number of aromatic nitrogens is 1. The molecule has 0 aliphatic rings. The van der Waals surface area contributed by atoms with E-state index in [1.165, 1.54) is 0 Å². The highest BCUT2D eigenvalue weighted by molar-refractivity contribution is 9.10. The Bertz CT molecular complexity index is 949. The minimum absolute atomic E-state index is 0.457. The maximum absolute atomic E-state index is 10.6. The van der Waals surface area contributed by atoms with Crippen LogP contribution < -0.4 is 10.1 Å². The monoisotopic (exact) mass is 445 g/mol. The first-order valence-corrected chi connectivity index (χ1v) is 10.3. The predicted octanol–water partition coefficient (Wildman–Crippen LogP) is 5.26. The lowest BCUT2D eigenvalue weighted by molar-refractivity contribution is 0.194. The van der Waals surface area contributed by atoms with Crippen LogP contribution in [0.1, 0.15) is 12.8 Å². The van der Waals surface area contributed by atoms with Crippen LogP contribution in [0.2, 0.25) is 0 Å². The van der Waals surface area contributed by atoms with E-state index in [0.29, 0.717) is 6.54 Å². The maximum atomic E-state index is 10.6. The van der Waals surface area contributed by atoms with E-state index in [1.54, 1.807) is 11.3 Å².